The van der Waals surface area contributed by atoms with E-state index in [1.807, 2.05) is 0 Å². The quantitative estimate of drug-likeness (QED) is 0.603. The molecule has 0 aliphatic carbocycles. The Balaban J connectivity index is 2.26. The van der Waals surface area contributed by atoms with E-state index in [0.29, 0.717) is 0 Å². The van der Waals surface area contributed by atoms with E-state index >= 15 is 0 Å². The first-order valence-corrected chi connectivity index (χ1v) is 7.06. The fourth-order valence-corrected chi connectivity index (χ4v) is 2.30. The van der Waals surface area contributed by atoms with Crippen LogP contribution in [0.4, 0.5) is 32.0 Å². The second kappa shape index (κ2) is 6.83. The SMILES string of the molecule is Cc1c(Br)c(C(F)F)nn1CC(=O)Nc1c(F)c(F)cc(F)c1F. The highest BCUT2D eigenvalue weighted by Crippen LogP contribution is 2.29. The zero-order chi connectivity index (χ0) is 18.2. The third-order valence-electron chi connectivity index (χ3n) is 3.03. The molecule has 2 rings (SSSR count). The van der Waals surface area contributed by atoms with Gasteiger partial charge in [-0.15, -0.1) is 0 Å². The smallest absolute Gasteiger partial charge is 0.283 e. The summed E-state index contributed by atoms with van der Waals surface area (Å²) in [5.41, 5.74) is -1.77. The molecule has 1 heterocycles. The van der Waals surface area contributed by atoms with Crippen molar-refractivity contribution in [2.24, 2.45) is 0 Å². The van der Waals surface area contributed by atoms with Gasteiger partial charge in [0.1, 0.15) is 17.9 Å². The van der Waals surface area contributed by atoms with Gasteiger partial charge in [0.15, 0.2) is 23.3 Å². The van der Waals surface area contributed by atoms with Crippen LogP contribution in [0.2, 0.25) is 0 Å². The molecule has 1 aromatic heterocycles. The summed E-state index contributed by atoms with van der Waals surface area (Å²) in [6.07, 6.45) is -2.91. The van der Waals surface area contributed by atoms with E-state index in [2.05, 4.69) is 21.0 Å². The van der Waals surface area contributed by atoms with Gasteiger partial charge in [-0.1, -0.05) is 0 Å². The van der Waals surface area contributed by atoms with Crippen molar-refractivity contribution >= 4 is 27.5 Å². The average Bonchev–Trinajstić information content (AvgIpc) is 2.78. The molecular formula is C13H8BrF6N3O. The van der Waals surface area contributed by atoms with E-state index in [9.17, 15) is 31.1 Å². The van der Waals surface area contributed by atoms with Crippen molar-refractivity contribution in [1.82, 2.24) is 9.78 Å². The number of hydrogen-bond donors (Lipinski definition) is 1. The molecule has 0 spiro atoms. The van der Waals surface area contributed by atoms with Crippen LogP contribution in [0, 0.1) is 30.2 Å². The minimum atomic E-state index is -2.91. The van der Waals surface area contributed by atoms with Gasteiger partial charge in [-0.2, -0.15) is 5.10 Å². The van der Waals surface area contributed by atoms with Gasteiger partial charge < -0.3 is 5.32 Å². The Kier molecular flexibility index (Phi) is 5.21. The molecule has 0 aliphatic heterocycles. The van der Waals surface area contributed by atoms with Crippen molar-refractivity contribution in [2.45, 2.75) is 19.9 Å². The van der Waals surface area contributed by atoms with Crippen LogP contribution in [0.5, 0.6) is 0 Å². The lowest BCUT2D eigenvalue weighted by atomic mass is 10.2. The van der Waals surface area contributed by atoms with Crippen LogP contribution in [0.25, 0.3) is 0 Å². The number of rotatable bonds is 4. The fourth-order valence-electron chi connectivity index (χ4n) is 1.84. The molecular weight excluding hydrogens is 408 g/mol. The van der Waals surface area contributed by atoms with Crippen LogP contribution in [0.1, 0.15) is 17.8 Å². The molecule has 0 unspecified atom stereocenters. The van der Waals surface area contributed by atoms with Crippen LogP contribution in [0.3, 0.4) is 0 Å². The molecule has 1 amide bonds. The number of aromatic nitrogens is 2. The van der Waals surface area contributed by atoms with E-state index < -0.39 is 53.5 Å². The number of carbonyl (C=O) groups is 1. The lowest BCUT2D eigenvalue weighted by Crippen LogP contribution is -2.22. The summed E-state index contributed by atoms with van der Waals surface area (Å²) in [6, 6.07) is -0.00992. The third kappa shape index (κ3) is 3.40. The van der Waals surface area contributed by atoms with E-state index in [0.717, 1.165) is 4.68 Å². The molecule has 2 aromatic rings. The maximum absolute atomic E-state index is 13.5. The van der Waals surface area contributed by atoms with Gasteiger partial charge in [-0.3, -0.25) is 9.48 Å². The highest BCUT2D eigenvalue weighted by Gasteiger charge is 2.23. The van der Waals surface area contributed by atoms with Crippen molar-refractivity contribution < 1.29 is 31.1 Å². The zero-order valence-electron chi connectivity index (χ0n) is 11.8. The monoisotopic (exact) mass is 415 g/mol. The normalized spacial score (nSPS) is 11.2. The third-order valence-corrected chi connectivity index (χ3v) is 4.01. The first-order valence-electron chi connectivity index (χ1n) is 6.27. The van der Waals surface area contributed by atoms with E-state index in [1.165, 1.54) is 6.92 Å². The van der Waals surface area contributed by atoms with Gasteiger partial charge >= 0.3 is 0 Å². The topological polar surface area (TPSA) is 46.9 Å². The minimum Gasteiger partial charge on any atom is -0.319 e. The van der Waals surface area contributed by atoms with Crippen molar-refractivity contribution in [1.29, 1.82) is 0 Å². The number of carbonyl (C=O) groups excluding carboxylic acids is 1. The lowest BCUT2D eigenvalue weighted by Gasteiger charge is -2.09. The largest absolute Gasteiger partial charge is 0.319 e. The number of hydrogen-bond acceptors (Lipinski definition) is 2. The summed E-state index contributed by atoms with van der Waals surface area (Å²) in [7, 11) is 0. The number of anilines is 1. The predicted octanol–water partition coefficient (Wildman–Crippen LogP) is 4.09. The first-order chi connectivity index (χ1) is 11.1. The van der Waals surface area contributed by atoms with E-state index in [4.69, 9.17) is 0 Å². The van der Waals surface area contributed by atoms with Gasteiger partial charge in [0, 0.05) is 6.07 Å². The average molecular weight is 416 g/mol. The summed E-state index contributed by atoms with van der Waals surface area (Å²) in [5, 5.41) is 5.15. The molecule has 1 N–H and O–H groups in total. The standard InChI is InChI=1S/C13H8BrF6N3O/c1-4-8(14)11(13(19)20)22-23(4)3-7(24)21-12-9(17)5(15)2-6(16)10(12)18/h2,13H,3H2,1H3,(H,21,24). The van der Waals surface area contributed by atoms with Crippen molar-refractivity contribution in [3.8, 4) is 0 Å². The van der Waals surface area contributed by atoms with Crippen molar-refractivity contribution in [2.75, 3.05) is 5.32 Å². The second-order valence-electron chi connectivity index (χ2n) is 4.63. The molecule has 11 heteroatoms. The number of nitrogens with one attached hydrogen (secondary N) is 1. The molecule has 0 fully saturated rings. The summed E-state index contributed by atoms with van der Waals surface area (Å²) in [4.78, 5) is 11.8. The first kappa shape index (κ1) is 18.3. The van der Waals surface area contributed by atoms with Gasteiger partial charge in [-0.05, 0) is 22.9 Å². The van der Waals surface area contributed by atoms with Crippen LogP contribution < -0.4 is 5.32 Å². The molecule has 0 aliphatic rings. The van der Waals surface area contributed by atoms with Gasteiger partial charge in [-0.25, -0.2) is 26.3 Å². The summed E-state index contributed by atoms with van der Waals surface area (Å²) < 4.78 is 79.3. The number of halogens is 7. The Morgan fingerprint density at radius 1 is 1.25 bits per heavy atom. The molecule has 0 atom stereocenters. The van der Waals surface area contributed by atoms with Gasteiger partial charge in [0.2, 0.25) is 5.91 Å². The highest BCUT2D eigenvalue weighted by atomic mass is 79.9. The van der Waals surface area contributed by atoms with Crippen molar-refractivity contribution in [3.05, 3.63) is 45.2 Å². The summed E-state index contributed by atoms with van der Waals surface area (Å²) in [5.74, 6) is -8.07. The van der Waals surface area contributed by atoms with Gasteiger partial charge in [0.05, 0.1) is 10.2 Å². The maximum atomic E-state index is 13.5. The van der Waals surface area contributed by atoms with E-state index in [1.54, 1.807) is 5.32 Å². The van der Waals surface area contributed by atoms with Crippen LogP contribution in [-0.2, 0) is 11.3 Å². The van der Waals surface area contributed by atoms with Crippen LogP contribution in [0.15, 0.2) is 10.5 Å². The molecule has 0 saturated carbocycles. The molecule has 4 nitrogen and oxygen atoms in total. The molecule has 130 valence electrons. The number of amides is 1. The Morgan fingerprint density at radius 3 is 2.25 bits per heavy atom. The second-order valence-corrected chi connectivity index (χ2v) is 5.43. The molecule has 1 aromatic carbocycles. The molecule has 0 radical (unpaired) electrons. The summed E-state index contributed by atoms with van der Waals surface area (Å²) in [6.45, 7) is 0.674. The van der Waals surface area contributed by atoms with Crippen LogP contribution >= 0.6 is 15.9 Å². The number of nitrogens with zero attached hydrogens (tertiary/aromatic N) is 2. The fraction of sp³-hybridized carbons (Fsp3) is 0.231. The lowest BCUT2D eigenvalue weighted by molar-refractivity contribution is -0.117. The molecule has 0 bridgehead atoms. The Hall–Kier alpha value is -2.04. The van der Waals surface area contributed by atoms with Crippen LogP contribution in [-0.4, -0.2) is 15.7 Å². The number of alkyl halides is 2. The number of benzene rings is 1. The minimum absolute atomic E-state index is 0.00992. The van der Waals surface area contributed by atoms with Crippen molar-refractivity contribution in [3.63, 3.8) is 0 Å². The molecule has 24 heavy (non-hydrogen) atoms. The zero-order valence-corrected chi connectivity index (χ0v) is 13.4. The van der Waals surface area contributed by atoms with Gasteiger partial charge in [0.25, 0.3) is 6.43 Å². The maximum Gasteiger partial charge on any atom is 0.283 e. The van der Waals surface area contributed by atoms with E-state index in [-0.39, 0.29) is 16.2 Å². The molecule has 0 saturated heterocycles. The summed E-state index contributed by atoms with van der Waals surface area (Å²) >= 11 is 2.89. The Morgan fingerprint density at radius 2 is 1.79 bits per heavy atom. The predicted molar refractivity (Wildman–Crippen MR) is 74.5 cm³/mol. The Labute approximate surface area is 139 Å². The highest BCUT2D eigenvalue weighted by molar-refractivity contribution is 9.10. The Bertz CT molecular complexity index is 781.